The summed E-state index contributed by atoms with van der Waals surface area (Å²) < 4.78 is 16.6. The van der Waals surface area contributed by atoms with Crippen molar-refractivity contribution in [2.24, 2.45) is 5.92 Å². The van der Waals surface area contributed by atoms with Crippen molar-refractivity contribution in [3.63, 3.8) is 0 Å². The Balaban J connectivity index is 1.31. The van der Waals surface area contributed by atoms with E-state index in [1.54, 1.807) is 24.1 Å². The Bertz CT molecular complexity index is 1070. The Labute approximate surface area is 193 Å². The molecule has 2 amide bonds. The first-order chi connectivity index (χ1) is 16.1. The minimum absolute atomic E-state index is 0.0599. The molecule has 172 valence electrons. The standard InChI is InChI=1S/C26H28N2O5/c1-31-24-15-20(11-12-22(24)33-18-19-7-3-2-4-8-19)16-27-25(29)21-9-5-13-28(17-21)26(30)23-10-6-14-32-23/h2-4,6-8,10-12,14-15,21H,5,9,13,16-18H2,1H3,(H,27,29)/t21-/m0/s1. The minimum atomic E-state index is -0.243. The van der Waals surface area contributed by atoms with Gasteiger partial charge in [-0.1, -0.05) is 36.4 Å². The lowest BCUT2D eigenvalue weighted by molar-refractivity contribution is -0.126. The van der Waals surface area contributed by atoms with Crippen molar-refractivity contribution in [1.82, 2.24) is 10.2 Å². The van der Waals surface area contributed by atoms with E-state index < -0.39 is 0 Å². The predicted molar refractivity (Wildman–Crippen MR) is 123 cm³/mol. The van der Waals surface area contributed by atoms with Crippen molar-refractivity contribution in [3.05, 3.63) is 83.8 Å². The van der Waals surface area contributed by atoms with Crippen LogP contribution >= 0.6 is 0 Å². The fraction of sp³-hybridized carbons (Fsp3) is 0.308. The number of amides is 2. The molecular weight excluding hydrogens is 420 g/mol. The third-order valence-electron chi connectivity index (χ3n) is 5.74. The number of carbonyl (C=O) groups excluding carboxylic acids is 2. The maximum atomic E-state index is 12.8. The van der Waals surface area contributed by atoms with Crippen molar-refractivity contribution in [1.29, 1.82) is 0 Å². The maximum absolute atomic E-state index is 12.8. The Hall–Kier alpha value is -3.74. The van der Waals surface area contributed by atoms with Gasteiger partial charge < -0.3 is 24.1 Å². The van der Waals surface area contributed by atoms with Gasteiger partial charge in [0.2, 0.25) is 5.91 Å². The Morgan fingerprint density at radius 2 is 1.91 bits per heavy atom. The highest BCUT2D eigenvalue weighted by molar-refractivity contribution is 5.92. The summed E-state index contributed by atoms with van der Waals surface area (Å²) in [7, 11) is 1.60. The average molecular weight is 449 g/mol. The van der Waals surface area contributed by atoms with Crippen LogP contribution in [0.1, 0.15) is 34.5 Å². The van der Waals surface area contributed by atoms with E-state index in [1.165, 1.54) is 6.26 Å². The quantitative estimate of drug-likeness (QED) is 0.563. The molecule has 7 nitrogen and oxygen atoms in total. The highest BCUT2D eigenvalue weighted by Gasteiger charge is 2.29. The van der Waals surface area contributed by atoms with Gasteiger partial charge in [0.15, 0.2) is 17.3 Å². The van der Waals surface area contributed by atoms with E-state index in [1.807, 2.05) is 48.5 Å². The summed E-state index contributed by atoms with van der Waals surface area (Å²) in [6.45, 7) is 1.84. The Morgan fingerprint density at radius 3 is 2.67 bits per heavy atom. The molecule has 3 aromatic rings. The number of carbonyl (C=O) groups is 2. The van der Waals surface area contributed by atoms with E-state index in [9.17, 15) is 9.59 Å². The summed E-state index contributed by atoms with van der Waals surface area (Å²) in [6, 6.07) is 18.9. The molecule has 0 bridgehead atoms. The van der Waals surface area contributed by atoms with E-state index in [0.717, 1.165) is 24.0 Å². The van der Waals surface area contributed by atoms with Crippen LogP contribution in [0.15, 0.2) is 71.3 Å². The number of hydrogen-bond acceptors (Lipinski definition) is 5. The second-order valence-electron chi connectivity index (χ2n) is 8.04. The molecule has 0 radical (unpaired) electrons. The lowest BCUT2D eigenvalue weighted by atomic mass is 9.96. The van der Waals surface area contributed by atoms with Crippen LogP contribution in [0.4, 0.5) is 0 Å². The summed E-state index contributed by atoms with van der Waals surface area (Å²) in [4.78, 5) is 27.0. The van der Waals surface area contributed by atoms with Gasteiger partial charge in [-0.3, -0.25) is 9.59 Å². The van der Waals surface area contributed by atoms with Crippen LogP contribution < -0.4 is 14.8 Å². The van der Waals surface area contributed by atoms with E-state index in [0.29, 0.717) is 43.5 Å². The van der Waals surface area contributed by atoms with Gasteiger partial charge in [-0.15, -0.1) is 0 Å². The van der Waals surface area contributed by atoms with Crippen LogP contribution in [-0.4, -0.2) is 36.9 Å². The maximum Gasteiger partial charge on any atom is 0.289 e. The van der Waals surface area contributed by atoms with Crippen molar-refractivity contribution >= 4 is 11.8 Å². The molecule has 7 heteroatoms. The summed E-state index contributed by atoms with van der Waals surface area (Å²) in [5, 5.41) is 2.99. The SMILES string of the molecule is COc1cc(CNC(=O)[C@H]2CCCN(C(=O)c3ccco3)C2)ccc1OCc1ccccc1. The highest BCUT2D eigenvalue weighted by atomic mass is 16.5. The topological polar surface area (TPSA) is 81.0 Å². The number of piperidine rings is 1. The van der Waals surface area contributed by atoms with Crippen LogP contribution in [0.2, 0.25) is 0 Å². The van der Waals surface area contributed by atoms with Crippen molar-refractivity contribution in [3.8, 4) is 11.5 Å². The molecule has 1 aliphatic heterocycles. The Morgan fingerprint density at radius 1 is 1.06 bits per heavy atom. The van der Waals surface area contributed by atoms with Crippen molar-refractivity contribution < 1.29 is 23.5 Å². The van der Waals surface area contributed by atoms with Gasteiger partial charge in [-0.2, -0.15) is 0 Å². The van der Waals surface area contributed by atoms with E-state index in [2.05, 4.69) is 5.32 Å². The zero-order valence-electron chi connectivity index (χ0n) is 18.7. The number of ether oxygens (including phenoxy) is 2. The first-order valence-corrected chi connectivity index (χ1v) is 11.1. The van der Waals surface area contributed by atoms with E-state index >= 15 is 0 Å². The van der Waals surface area contributed by atoms with Gasteiger partial charge in [0, 0.05) is 19.6 Å². The zero-order valence-corrected chi connectivity index (χ0v) is 18.7. The minimum Gasteiger partial charge on any atom is -0.493 e. The number of rotatable bonds is 8. The Kier molecular flexibility index (Phi) is 7.29. The molecule has 1 atom stereocenters. The van der Waals surface area contributed by atoms with Crippen LogP contribution in [0, 0.1) is 5.92 Å². The lowest BCUT2D eigenvalue weighted by Crippen LogP contribution is -2.45. The van der Waals surface area contributed by atoms with Crippen LogP contribution in [0.5, 0.6) is 11.5 Å². The molecule has 2 aromatic carbocycles. The molecule has 1 aliphatic rings. The third-order valence-corrected chi connectivity index (χ3v) is 5.74. The second kappa shape index (κ2) is 10.7. The monoisotopic (exact) mass is 448 g/mol. The largest absolute Gasteiger partial charge is 0.493 e. The molecule has 0 saturated carbocycles. The van der Waals surface area contributed by atoms with Gasteiger partial charge in [-0.25, -0.2) is 0 Å². The van der Waals surface area contributed by atoms with Gasteiger partial charge >= 0.3 is 0 Å². The van der Waals surface area contributed by atoms with Gasteiger partial charge in [0.25, 0.3) is 5.91 Å². The summed E-state index contributed by atoms with van der Waals surface area (Å²) in [5.74, 6) is 1.09. The molecular formula is C26H28N2O5. The number of methoxy groups -OCH3 is 1. The van der Waals surface area contributed by atoms with Crippen LogP contribution in [0.3, 0.4) is 0 Å². The average Bonchev–Trinajstić information content (AvgIpc) is 3.41. The summed E-state index contributed by atoms with van der Waals surface area (Å²) in [5.41, 5.74) is 1.98. The molecule has 1 saturated heterocycles. The molecule has 1 aromatic heterocycles. The smallest absolute Gasteiger partial charge is 0.289 e. The molecule has 2 heterocycles. The highest BCUT2D eigenvalue weighted by Crippen LogP contribution is 2.29. The van der Waals surface area contributed by atoms with Crippen LogP contribution in [-0.2, 0) is 17.9 Å². The first kappa shape index (κ1) is 22.5. The molecule has 0 unspecified atom stereocenters. The summed E-state index contributed by atoms with van der Waals surface area (Å²) in [6.07, 6.45) is 3.02. The lowest BCUT2D eigenvalue weighted by Gasteiger charge is -2.31. The number of benzene rings is 2. The van der Waals surface area contributed by atoms with Gasteiger partial charge in [0.1, 0.15) is 6.61 Å². The molecule has 0 aliphatic carbocycles. The normalized spacial score (nSPS) is 15.7. The van der Waals surface area contributed by atoms with Crippen molar-refractivity contribution in [2.45, 2.75) is 26.0 Å². The molecule has 1 N–H and O–H groups in total. The van der Waals surface area contributed by atoms with E-state index in [4.69, 9.17) is 13.9 Å². The number of likely N-dealkylation sites (tertiary alicyclic amines) is 1. The summed E-state index contributed by atoms with van der Waals surface area (Å²) >= 11 is 0. The van der Waals surface area contributed by atoms with E-state index in [-0.39, 0.29) is 17.7 Å². The molecule has 1 fully saturated rings. The number of nitrogens with zero attached hydrogens (tertiary/aromatic N) is 1. The number of furan rings is 1. The number of hydrogen-bond donors (Lipinski definition) is 1. The fourth-order valence-electron chi connectivity index (χ4n) is 3.94. The van der Waals surface area contributed by atoms with Crippen molar-refractivity contribution in [2.75, 3.05) is 20.2 Å². The predicted octanol–water partition coefficient (Wildman–Crippen LogP) is 4.04. The first-order valence-electron chi connectivity index (χ1n) is 11.1. The molecule has 0 spiro atoms. The van der Waals surface area contributed by atoms with Gasteiger partial charge in [-0.05, 0) is 48.2 Å². The van der Waals surface area contributed by atoms with Crippen LogP contribution in [0.25, 0.3) is 0 Å². The fourth-order valence-corrected chi connectivity index (χ4v) is 3.94. The third kappa shape index (κ3) is 5.74. The zero-order chi connectivity index (χ0) is 23.0. The second-order valence-corrected chi connectivity index (χ2v) is 8.04. The molecule has 4 rings (SSSR count). The molecule has 33 heavy (non-hydrogen) atoms. The van der Waals surface area contributed by atoms with Gasteiger partial charge in [0.05, 0.1) is 19.3 Å². The number of nitrogens with one attached hydrogen (secondary N) is 1.